The van der Waals surface area contributed by atoms with Crippen molar-refractivity contribution < 1.29 is 4.79 Å². The lowest BCUT2D eigenvalue weighted by molar-refractivity contribution is -0.121. The quantitative estimate of drug-likeness (QED) is 0.765. The standard InChI is InChI=1S/C18H25NO/c1-15-8-6-10-16(11-7-9-15)14-18(20)19-17-12-4-2-3-5-13-17/h6-11,17H,2-5,12-14H2,1H3,(H,19,20)/b8-6?,9-7?,10-6-,11-7?,15-8?,15-9?,16-10?,16-11+. The first-order valence-electron chi connectivity index (χ1n) is 7.75. The summed E-state index contributed by atoms with van der Waals surface area (Å²) < 4.78 is 0. The molecule has 0 spiro atoms. The van der Waals surface area contributed by atoms with E-state index in [0.717, 1.165) is 18.4 Å². The van der Waals surface area contributed by atoms with Crippen molar-refractivity contribution in [2.75, 3.05) is 0 Å². The van der Waals surface area contributed by atoms with Crippen molar-refractivity contribution in [3.05, 3.63) is 47.6 Å². The molecule has 1 N–H and O–H groups in total. The molecule has 0 aromatic rings. The van der Waals surface area contributed by atoms with Gasteiger partial charge in [0.05, 0.1) is 6.42 Å². The molecule has 108 valence electrons. The molecular formula is C18H25NO. The molecule has 0 aromatic heterocycles. The zero-order valence-corrected chi connectivity index (χ0v) is 12.4. The van der Waals surface area contributed by atoms with Crippen molar-refractivity contribution in [3.63, 3.8) is 0 Å². The molecule has 2 aliphatic rings. The number of hydrogen-bond donors (Lipinski definition) is 1. The molecule has 0 atom stereocenters. The molecule has 0 saturated heterocycles. The van der Waals surface area contributed by atoms with Crippen LogP contribution in [0.25, 0.3) is 0 Å². The van der Waals surface area contributed by atoms with E-state index in [0.29, 0.717) is 12.5 Å². The maximum absolute atomic E-state index is 12.1. The Morgan fingerprint density at radius 2 is 1.80 bits per heavy atom. The molecule has 0 bridgehead atoms. The third-order valence-corrected chi connectivity index (χ3v) is 3.92. The largest absolute Gasteiger partial charge is 0.353 e. The summed E-state index contributed by atoms with van der Waals surface area (Å²) in [6.45, 7) is 2.07. The van der Waals surface area contributed by atoms with Crippen LogP contribution in [-0.4, -0.2) is 11.9 Å². The number of nitrogens with one attached hydrogen (secondary N) is 1. The molecule has 0 unspecified atom stereocenters. The Hall–Kier alpha value is -1.57. The van der Waals surface area contributed by atoms with Crippen LogP contribution in [-0.2, 0) is 4.79 Å². The van der Waals surface area contributed by atoms with Gasteiger partial charge in [-0.3, -0.25) is 4.79 Å². The van der Waals surface area contributed by atoms with E-state index in [9.17, 15) is 4.79 Å². The van der Waals surface area contributed by atoms with Crippen molar-refractivity contribution in [3.8, 4) is 0 Å². The van der Waals surface area contributed by atoms with Crippen molar-refractivity contribution in [2.45, 2.75) is 57.9 Å². The maximum atomic E-state index is 12.1. The van der Waals surface area contributed by atoms with Crippen molar-refractivity contribution >= 4 is 5.91 Å². The van der Waals surface area contributed by atoms with Gasteiger partial charge >= 0.3 is 0 Å². The average Bonchev–Trinajstić information content (AvgIpc) is 2.64. The highest BCUT2D eigenvalue weighted by atomic mass is 16.1. The van der Waals surface area contributed by atoms with Crippen LogP contribution < -0.4 is 5.32 Å². The molecule has 20 heavy (non-hydrogen) atoms. The van der Waals surface area contributed by atoms with Gasteiger partial charge in [0.15, 0.2) is 0 Å². The first kappa shape index (κ1) is 14.8. The SMILES string of the molecule is CC1=C/C=C\C(CC(=O)NC2CCCCCC2)=C/C=C1. The van der Waals surface area contributed by atoms with E-state index >= 15 is 0 Å². The van der Waals surface area contributed by atoms with Crippen LogP contribution in [0.3, 0.4) is 0 Å². The van der Waals surface area contributed by atoms with Crippen LogP contribution in [0.1, 0.15) is 51.9 Å². The van der Waals surface area contributed by atoms with Crippen LogP contribution in [0.5, 0.6) is 0 Å². The van der Waals surface area contributed by atoms with Crippen LogP contribution in [0.2, 0.25) is 0 Å². The fourth-order valence-corrected chi connectivity index (χ4v) is 2.76. The highest BCUT2D eigenvalue weighted by Crippen LogP contribution is 2.18. The molecule has 2 heteroatoms. The van der Waals surface area contributed by atoms with Crippen molar-refractivity contribution in [2.24, 2.45) is 0 Å². The van der Waals surface area contributed by atoms with Gasteiger partial charge in [0.2, 0.25) is 5.91 Å². The molecule has 2 aliphatic carbocycles. The van der Waals surface area contributed by atoms with Gasteiger partial charge in [0, 0.05) is 6.04 Å². The van der Waals surface area contributed by atoms with E-state index in [2.05, 4.69) is 24.4 Å². The molecule has 0 radical (unpaired) electrons. The second kappa shape index (κ2) is 7.88. The van der Waals surface area contributed by atoms with Crippen LogP contribution in [0, 0.1) is 0 Å². The molecule has 0 aliphatic heterocycles. The predicted octanol–water partition coefficient (Wildman–Crippen LogP) is 4.21. The molecular weight excluding hydrogens is 246 g/mol. The van der Waals surface area contributed by atoms with Gasteiger partial charge in [0.1, 0.15) is 0 Å². The van der Waals surface area contributed by atoms with E-state index in [1.165, 1.54) is 31.3 Å². The summed E-state index contributed by atoms with van der Waals surface area (Å²) in [5, 5.41) is 3.20. The Morgan fingerprint density at radius 3 is 2.55 bits per heavy atom. The Bertz CT molecular complexity index is 446. The van der Waals surface area contributed by atoms with Gasteiger partial charge in [-0.05, 0) is 25.3 Å². The lowest BCUT2D eigenvalue weighted by Gasteiger charge is -2.16. The maximum Gasteiger partial charge on any atom is 0.224 e. The van der Waals surface area contributed by atoms with E-state index < -0.39 is 0 Å². The van der Waals surface area contributed by atoms with Gasteiger partial charge in [0.25, 0.3) is 0 Å². The molecule has 0 aromatic carbocycles. The Kier molecular flexibility index (Phi) is 5.85. The lowest BCUT2D eigenvalue weighted by Crippen LogP contribution is -2.34. The zero-order chi connectivity index (χ0) is 14.2. The number of rotatable bonds is 3. The van der Waals surface area contributed by atoms with Gasteiger partial charge in [-0.2, -0.15) is 0 Å². The first-order chi connectivity index (χ1) is 9.74. The Morgan fingerprint density at radius 1 is 1.10 bits per heavy atom. The summed E-state index contributed by atoms with van der Waals surface area (Å²) in [7, 11) is 0. The molecule has 2 rings (SSSR count). The summed E-state index contributed by atoms with van der Waals surface area (Å²) in [6.07, 6.45) is 20.1. The minimum atomic E-state index is 0.155. The van der Waals surface area contributed by atoms with Crippen LogP contribution in [0.15, 0.2) is 47.6 Å². The summed E-state index contributed by atoms with van der Waals surface area (Å²) >= 11 is 0. The number of carbonyl (C=O) groups is 1. The fourth-order valence-electron chi connectivity index (χ4n) is 2.76. The highest BCUT2D eigenvalue weighted by Gasteiger charge is 2.14. The Labute approximate surface area is 122 Å². The third kappa shape index (κ3) is 5.20. The normalized spacial score (nSPS) is 24.6. The first-order valence-corrected chi connectivity index (χ1v) is 7.75. The monoisotopic (exact) mass is 271 g/mol. The van der Waals surface area contributed by atoms with Gasteiger partial charge < -0.3 is 5.32 Å². The van der Waals surface area contributed by atoms with Gasteiger partial charge in [-0.25, -0.2) is 0 Å². The number of allylic oxidation sites excluding steroid dienone is 7. The summed E-state index contributed by atoms with van der Waals surface area (Å²) in [5.41, 5.74) is 2.29. The van der Waals surface area contributed by atoms with Gasteiger partial charge in [-0.1, -0.05) is 67.7 Å². The van der Waals surface area contributed by atoms with Gasteiger partial charge in [-0.15, -0.1) is 0 Å². The van der Waals surface area contributed by atoms with Crippen molar-refractivity contribution in [1.29, 1.82) is 0 Å². The molecule has 1 amide bonds. The van der Waals surface area contributed by atoms with Crippen molar-refractivity contribution in [1.82, 2.24) is 5.32 Å². The zero-order valence-electron chi connectivity index (χ0n) is 12.4. The Balaban J connectivity index is 1.84. The lowest BCUT2D eigenvalue weighted by atomic mass is 10.1. The fraction of sp³-hybridized carbons (Fsp3) is 0.500. The molecule has 1 saturated carbocycles. The minimum Gasteiger partial charge on any atom is -0.353 e. The predicted molar refractivity (Wildman–Crippen MR) is 84.4 cm³/mol. The molecule has 2 nitrogen and oxygen atoms in total. The van der Waals surface area contributed by atoms with E-state index in [-0.39, 0.29) is 5.91 Å². The summed E-state index contributed by atoms with van der Waals surface area (Å²) in [4.78, 5) is 12.1. The number of amides is 1. The molecule has 1 fully saturated rings. The third-order valence-electron chi connectivity index (χ3n) is 3.92. The highest BCUT2D eigenvalue weighted by molar-refractivity contribution is 5.79. The van der Waals surface area contributed by atoms with Crippen LogP contribution >= 0.6 is 0 Å². The minimum absolute atomic E-state index is 0.155. The smallest absolute Gasteiger partial charge is 0.224 e. The summed E-state index contributed by atoms with van der Waals surface area (Å²) in [5.74, 6) is 0.155. The number of hydrogen-bond acceptors (Lipinski definition) is 1. The molecule has 0 heterocycles. The second-order valence-corrected chi connectivity index (χ2v) is 5.80. The van der Waals surface area contributed by atoms with E-state index in [1.54, 1.807) is 0 Å². The second-order valence-electron chi connectivity index (χ2n) is 5.80. The summed E-state index contributed by atoms with van der Waals surface area (Å²) in [6, 6.07) is 0.390. The van der Waals surface area contributed by atoms with E-state index in [1.807, 2.05) is 24.3 Å². The number of carbonyl (C=O) groups excluding carboxylic acids is 1. The van der Waals surface area contributed by atoms with E-state index in [4.69, 9.17) is 0 Å². The average molecular weight is 271 g/mol. The topological polar surface area (TPSA) is 29.1 Å². The van der Waals surface area contributed by atoms with Crippen LogP contribution in [0.4, 0.5) is 0 Å².